The van der Waals surface area contributed by atoms with Gasteiger partial charge < -0.3 is 14.6 Å². The fraction of sp³-hybridized carbons (Fsp3) is 0.450. The molecule has 3 aromatic rings. The predicted octanol–water partition coefficient (Wildman–Crippen LogP) is 3.05. The predicted molar refractivity (Wildman–Crippen MR) is 103 cm³/mol. The average Bonchev–Trinajstić information content (AvgIpc) is 3.10. The molecule has 0 bridgehead atoms. The SMILES string of the molecule is Cc1onc2c(=O)[nH]nc(-c3ccc(OCCCC4CCCNC4)cc3)c12. The quantitative estimate of drug-likeness (QED) is 0.650. The van der Waals surface area contributed by atoms with Gasteiger partial charge in [-0.15, -0.1) is 0 Å². The van der Waals surface area contributed by atoms with Crippen LogP contribution < -0.4 is 15.6 Å². The summed E-state index contributed by atoms with van der Waals surface area (Å²) in [6.45, 7) is 4.79. The van der Waals surface area contributed by atoms with Crippen molar-refractivity contribution in [3.05, 3.63) is 40.4 Å². The molecule has 1 unspecified atom stereocenters. The number of rotatable bonds is 6. The second-order valence-corrected chi connectivity index (χ2v) is 7.09. The number of benzene rings is 1. The van der Waals surface area contributed by atoms with E-state index in [9.17, 15) is 4.79 Å². The van der Waals surface area contributed by atoms with Crippen LogP contribution in [0.15, 0.2) is 33.6 Å². The molecule has 1 aromatic carbocycles. The van der Waals surface area contributed by atoms with E-state index in [-0.39, 0.29) is 11.1 Å². The Labute approximate surface area is 157 Å². The van der Waals surface area contributed by atoms with E-state index in [1.165, 1.54) is 19.3 Å². The molecule has 0 amide bonds. The number of piperidine rings is 1. The van der Waals surface area contributed by atoms with E-state index in [1.54, 1.807) is 6.92 Å². The van der Waals surface area contributed by atoms with E-state index < -0.39 is 0 Å². The Kier molecular flexibility index (Phi) is 5.20. The highest BCUT2D eigenvalue weighted by Crippen LogP contribution is 2.28. The third-order valence-electron chi connectivity index (χ3n) is 5.14. The molecule has 27 heavy (non-hydrogen) atoms. The summed E-state index contributed by atoms with van der Waals surface area (Å²) in [6, 6.07) is 7.73. The van der Waals surface area contributed by atoms with Crippen LogP contribution in [0.5, 0.6) is 5.75 Å². The van der Waals surface area contributed by atoms with Gasteiger partial charge in [0.05, 0.1) is 12.0 Å². The molecule has 0 aliphatic carbocycles. The number of aromatic nitrogens is 3. The molecule has 3 heterocycles. The molecular formula is C20H24N4O3. The van der Waals surface area contributed by atoms with Crippen LogP contribution in [0.25, 0.3) is 22.2 Å². The maximum absolute atomic E-state index is 11.8. The zero-order valence-electron chi connectivity index (χ0n) is 15.5. The molecule has 4 rings (SSSR count). The van der Waals surface area contributed by atoms with Gasteiger partial charge in [-0.25, -0.2) is 5.10 Å². The van der Waals surface area contributed by atoms with E-state index in [1.807, 2.05) is 24.3 Å². The van der Waals surface area contributed by atoms with Gasteiger partial charge >= 0.3 is 0 Å². The number of fused-ring (bicyclic) bond motifs is 1. The molecule has 7 heteroatoms. The number of aromatic amines is 1. The molecule has 0 spiro atoms. The van der Waals surface area contributed by atoms with E-state index in [0.717, 1.165) is 43.3 Å². The van der Waals surface area contributed by atoms with Crippen molar-refractivity contribution < 1.29 is 9.26 Å². The van der Waals surface area contributed by atoms with Crippen molar-refractivity contribution in [1.82, 2.24) is 20.7 Å². The normalized spacial score (nSPS) is 17.3. The molecule has 2 aromatic heterocycles. The van der Waals surface area contributed by atoms with Gasteiger partial charge in [-0.05, 0) is 75.9 Å². The Morgan fingerprint density at radius 2 is 2.15 bits per heavy atom. The van der Waals surface area contributed by atoms with Gasteiger partial charge in [0.2, 0.25) is 0 Å². The van der Waals surface area contributed by atoms with Crippen LogP contribution in [-0.4, -0.2) is 35.1 Å². The Morgan fingerprint density at radius 3 is 2.93 bits per heavy atom. The van der Waals surface area contributed by atoms with Crippen LogP contribution in [0.3, 0.4) is 0 Å². The first-order chi connectivity index (χ1) is 13.2. The van der Waals surface area contributed by atoms with E-state index >= 15 is 0 Å². The van der Waals surface area contributed by atoms with Gasteiger partial charge in [-0.3, -0.25) is 4.79 Å². The fourth-order valence-corrected chi connectivity index (χ4v) is 3.67. The summed E-state index contributed by atoms with van der Waals surface area (Å²) in [5.74, 6) is 2.20. The highest BCUT2D eigenvalue weighted by molar-refractivity contribution is 5.92. The molecule has 1 aliphatic rings. The molecule has 1 fully saturated rings. The first-order valence-electron chi connectivity index (χ1n) is 9.51. The maximum atomic E-state index is 11.8. The van der Waals surface area contributed by atoms with Crippen molar-refractivity contribution in [3.8, 4) is 17.0 Å². The Balaban J connectivity index is 1.40. The van der Waals surface area contributed by atoms with E-state index in [2.05, 4.69) is 20.7 Å². The highest BCUT2D eigenvalue weighted by Gasteiger charge is 2.16. The summed E-state index contributed by atoms with van der Waals surface area (Å²) in [7, 11) is 0. The van der Waals surface area contributed by atoms with E-state index in [0.29, 0.717) is 16.8 Å². The van der Waals surface area contributed by atoms with Crippen molar-refractivity contribution >= 4 is 10.9 Å². The standard InChI is InChI=1S/C20H24N4O3/c1-13-17-18(22-23-20(25)19(17)24-27-13)15-6-8-16(9-7-15)26-11-3-5-14-4-2-10-21-12-14/h6-9,14,21H,2-5,10-12H2,1H3,(H,23,25). The van der Waals surface area contributed by atoms with Gasteiger partial charge in [0.15, 0.2) is 5.52 Å². The lowest BCUT2D eigenvalue weighted by Gasteiger charge is -2.22. The van der Waals surface area contributed by atoms with Crippen LogP contribution in [0.4, 0.5) is 0 Å². The molecule has 142 valence electrons. The number of H-pyrrole nitrogens is 1. The summed E-state index contributed by atoms with van der Waals surface area (Å²) >= 11 is 0. The second kappa shape index (κ2) is 7.92. The average molecular weight is 368 g/mol. The molecular weight excluding hydrogens is 344 g/mol. The molecule has 0 saturated carbocycles. The number of nitrogens with zero attached hydrogens (tertiary/aromatic N) is 2. The minimum absolute atomic E-state index is 0.273. The van der Waals surface area contributed by atoms with E-state index in [4.69, 9.17) is 9.26 Å². The topological polar surface area (TPSA) is 93.0 Å². The molecule has 2 N–H and O–H groups in total. The van der Waals surface area contributed by atoms with Gasteiger partial charge in [0.25, 0.3) is 5.56 Å². The number of hydrogen-bond donors (Lipinski definition) is 2. The maximum Gasteiger partial charge on any atom is 0.294 e. The van der Waals surface area contributed by atoms with Crippen molar-refractivity contribution in [2.45, 2.75) is 32.6 Å². The summed E-state index contributed by atoms with van der Waals surface area (Å²) in [5, 5.41) is 14.6. The van der Waals surface area contributed by atoms with Crippen LogP contribution >= 0.6 is 0 Å². The lowest BCUT2D eigenvalue weighted by Crippen LogP contribution is -2.29. The second-order valence-electron chi connectivity index (χ2n) is 7.09. The lowest BCUT2D eigenvalue weighted by molar-refractivity contribution is 0.275. The smallest absolute Gasteiger partial charge is 0.294 e. The van der Waals surface area contributed by atoms with Crippen LogP contribution in [0, 0.1) is 12.8 Å². The minimum Gasteiger partial charge on any atom is -0.494 e. The van der Waals surface area contributed by atoms with Crippen molar-refractivity contribution in [2.75, 3.05) is 19.7 Å². The van der Waals surface area contributed by atoms with Crippen LogP contribution in [0.1, 0.15) is 31.4 Å². The number of nitrogens with one attached hydrogen (secondary N) is 2. The van der Waals surface area contributed by atoms with Gasteiger partial charge in [0.1, 0.15) is 17.2 Å². The Morgan fingerprint density at radius 1 is 1.30 bits per heavy atom. The van der Waals surface area contributed by atoms with Crippen LogP contribution in [0.2, 0.25) is 0 Å². The number of hydrogen-bond acceptors (Lipinski definition) is 6. The first kappa shape index (κ1) is 17.7. The third-order valence-corrected chi connectivity index (χ3v) is 5.14. The van der Waals surface area contributed by atoms with Gasteiger partial charge in [0, 0.05) is 5.56 Å². The van der Waals surface area contributed by atoms with Crippen molar-refractivity contribution in [3.63, 3.8) is 0 Å². The summed E-state index contributed by atoms with van der Waals surface area (Å²) in [4.78, 5) is 11.8. The first-order valence-corrected chi connectivity index (χ1v) is 9.51. The Bertz CT molecular complexity index is 956. The van der Waals surface area contributed by atoms with Crippen LogP contribution in [-0.2, 0) is 0 Å². The number of aryl methyl sites for hydroxylation is 1. The minimum atomic E-state index is -0.348. The fourth-order valence-electron chi connectivity index (χ4n) is 3.67. The largest absolute Gasteiger partial charge is 0.494 e. The summed E-state index contributed by atoms with van der Waals surface area (Å²) in [5.41, 5.74) is 1.46. The Hall–Kier alpha value is -2.67. The summed E-state index contributed by atoms with van der Waals surface area (Å²) < 4.78 is 11.0. The zero-order valence-corrected chi connectivity index (χ0v) is 15.5. The molecule has 1 saturated heterocycles. The molecule has 0 radical (unpaired) electrons. The summed E-state index contributed by atoms with van der Waals surface area (Å²) in [6.07, 6.45) is 4.88. The van der Waals surface area contributed by atoms with Gasteiger partial charge in [-0.1, -0.05) is 5.16 Å². The third kappa shape index (κ3) is 3.88. The lowest BCUT2D eigenvalue weighted by atomic mass is 9.95. The number of ether oxygens (including phenoxy) is 1. The highest BCUT2D eigenvalue weighted by atomic mass is 16.5. The zero-order chi connectivity index (χ0) is 18.6. The monoisotopic (exact) mass is 368 g/mol. The van der Waals surface area contributed by atoms with Crippen molar-refractivity contribution in [1.29, 1.82) is 0 Å². The van der Waals surface area contributed by atoms with Crippen molar-refractivity contribution in [2.24, 2.45) is 5.92 Å². The molecule has 1 atom stereocenters. The van der Waals surface area contributed by atoms with Gasteiger partial charge in [-0.2, -0.15) is 5.10 Å². The molecule has 7 nitrogen and oxygen atoms in total. The molecule has 1 aliphatic heterocycles.